The monoisotopic (exact) mass is 282 g/mol. The summed E-state index contributed by atoms with van der Waals surface area (Å²) < 4.78 is 11.0. The maximum atomic E-state index is 12.6. The van der Waals surface area contributed by atoms with Crippen molar-refractivity contribution in [1.82, 2.24) is 0 Å². The maximum Gasteiger partial charge on any atom is 0.191 e. The molecule has 1 saturated heterocycles. The molecule has 21 heavy (non-hydrogen) atoms. The van der Waals surface area contributed by atoms with E-state index >= 15 is 0 Å². The first-order chi connectivity index (χ1) is 10.3. The number of carbonyl (C=O) groups is 1. The number of epoxide rings is 1. The van der Waals surface area contributed by atoms with Crippen molar-refractivity contribution >= 4 is 5.78 Å². The molecule has 1 fully saturated rings. The quantitative estimate of drug-likeness (QED) is 0.579. The molecule has 2 aromatic rings. The number of ketones is 1. The van der Waals surface area contributed by atoms with Gasteiger partial charge in [0.05, 0.1) is 13.2 Å². The highest BCUT2D eigenvalue weighted by molar-refractivity contribution is 5.99. The molecule has 2 atom stereocenters. The summed E-state index contributed by atoms with van der Waals surface area (Å²) in [5.41, 5.74) is 1.79. The van der Waals surface area contributed by atoms with Crippen LogP contribution in [0.25, 0.3) is 0 Å². The van der Waals surface area contributed by atoms with Crippen LogP contribution < -0.4 is 0 Å². The summed E-state index contributed by atoms with van der Waals surface area (Å²) in [4.78, 5) is 12.6. The molecule has 1 aliphatic heterocycles. The minimum Gasteiger partial charge on any atom is -0.371 e. The van der Waals surface area contributed by atoms with Crippen LogP contribution >= 0.6 is 0 Å². The van der Waals surface area contributed by atoms with E-state index in [1.807, 2.05) is 60.7 Å². The van der Waals surface area contributed by atoms with Crippen molar-refractivity contribution in [2.24, 2.45) is 0 Å². The molecule has 0 N–H and O–H groups in total. The molecule has 0 aromatic heterocycles. The SMILES string of the molecule is O=C(c1ccccc1)[C@H](Cc1ccccc1)OC[C@H]1CO1. The lowest BCUT2D eigenvalue weighted by Gasteiger charge is -2.16. The first-order valence-electron chi connectivity index (χ1n) is 7.19. The van der Waals surface area contributed by atoms with E-state index in [0.717, 1.165) is 12.2 Å². The van der Waals surface area contributed by atoms with E-state index < -0.39 is 6.10 Å². The highest BCUT2D eigenvalue weighted by Crippen LogP contribution is 2.16. The molecular formula is C18H18O3. The third kappa shape index (κ3) is 4.00. The van der Waals surface area contributed by atoms with Crippen molar-refractivity contribution in [2.75, 3.05) is 13.2 Å². The van der Waals surface area contributed by atoms with Crippen molar-refractivity contribution in [3.05, 3.63) is 71.8 Å². The molecule has 3 heteroatoms. The van der Waals surface area contributed by atoms with Gasteiger partial charge in [0.1, 0.15) is 12.2 Å². The summed E-state index contributed by atoms with van der Waals surface area (Å²) >= 11 is 0. The van der Waals surface area contributed by atoms with Crippen LogP contribution in [0.1, 0.15) is 15.9 Å². The maximum absolute atomic E-state index is 12.6. The Morgan fingerprint density at radius 1 is 1.10 bits per heavy atom. The van der Waals surface area contributed by atoms with Gasteiger partial charge in [-0.05, 0) is 5.56 Å². The van der Waals surface area contributed by atoms with Gasteiger partial charge in [0, 0.05) is 12.0 Å². The van der Waals surface area contributed by atoms with E-state index in [-0.39, 0.29) is 11.9 Å². The van der Waals surface area contributed by atoms with Crippen LogP contribution in [0.5, 0.6) is 0 Å². The second-order valence-electron chi connectivity index (χ2n) is 5.20. The van der Waals surface area contributed by atoms with Gasteiger partial charge >= 0.3 is 0 Å². The summed E-state index contributed by atoms with van der Waals surface area (Å²) in [6.45, 7) is 1.22. The Morgan fingerprint density at radius 3 is 2.33 bits per heavy atom. The lowest BCUT2D eigenvalue weighted by Crippen LogP contribution is -2.28. The zero-order chi connectivity index (χ0) is 14.5. The number of Topliss-reactive ketones (excluding diaryl/α,β-unsaturated/α-hetero) is 1. The van der Waals surface area contributed by atoms with E-state index in [2.05, 4.69) is 0 Å². The second-order valence-corrected chi connectivity index (χ2v) is 5.20. The van der Waals surface area contributed by atoms with Crippen molar-refractivity contribution in [2.45, 2.75) is 18.6 Å². The molecule has 3 nitrogen and oxygen atoms in total. The summed E-state index contributed by atoms with van der Waals surface area (Å²) in [6, 6.07) is 19.3. The predicted octanol–water partition coefficient (Wildman–Crippen LogP) is 2.90. The van der Waals surface area contributed by atoms with Gasteiger partial charge in [-0.3, -0.25) is 4.79 Å². The Labute approximate surface area is 124 Å². The lowest BCUT2D eigenvalue weighted by molar-refractivity contribution is 0.0356. The molecule has 1 aliphatic rings. The highest BCUT2D eigenvalue weighted by Gasteiger charge is 2.27. The number of benzene rings is 2. The van der Waals surface area contributed by atoms with Crippen molar-refractivity contribution in [1.29, 1.82) is 0 Å². The Balaban J connectivity index is 1.72. The molecular weight excluding hydrogens is 264 g/mol. The summed E-state index contributed by atoms with van der Waals surface area (Å²) in [6.07, 6.45) is 0.284. The first kappa shape index (κ1) is 14.0. The van der Waals surface area contributed by atoms with Crippen LogP contribution in [0.2, 0.25) is 0 Å². The van der Waals surface area contributed by atoms with Gasteiger partial charge in [-0.1, -0.05) is 60.7 Å². The van der Waals surface area contributed by atoms with Crippen LogP contribution in [0.4, 0.5) is 0 Å². The molecule has 0 amide bonds. The van der Waals surface area contributed by atoms with Gasteiger partial charge in [0.25, 0.3) is 0 Å². The number of rotatable bonds is 7. The number of ether oxygens (including phenoxy) is 2. The highest BCUT2D eigenvalue weighted by atomic mass is 16.6. The minimum absolute atomic E-state index is 0.0279. The van der Waals surface area contributed by atoms with Gasteiger partial charge in [-0.15, -0.1) is 0 Å². The van der Waals surface area contributed by atoms with E-state index in [1.54, 1.807) is 0 Å². The van der Waals surface area contributed by atoms with Crippen LogP contribution in [-0.2, 0) is 15.9 Å². The largest absolute Gasteiger partial charge is 0.371 e. The molecule has 108 valence electrons. The third-order valence-corrected chi connectivity index (χ3v) is 3.50. The average Bonchev–Trinajstić information content (AvgIpc) is 3.37. The molecule has 1 heterocycles. The Hall–Kier alpha value is -1.97. The number of carbonyl (C=O) groups excluding carboxylic acids is 1. The number of hydrogen-bond acceptors (Lipinski definition) is 3. The number of hydrogen-bond donors (Lipinski definition) is 0. The molecule has 0 bridgehead atoms. The normalized spacial score (nSPS) is 18.2. The first-order valence-corrected chi connectivity index (χ1v) is 7.19. The standard InChI is InChI=1S/C18H18O3/c19-18(15-9-5-2-6-10-15)17(21-13-16-12-20-16)11-14-7-3-1-4-8-14/h1-10,16-17H,11-13H2/t16-,17+/m1/s1. The molecule has 0 aliphatic carbocycles. The summed E-state index contributed by atoms with van der Waals surface area (Å²) in [5.74, 6) is 0.0279. The van der Waals surface area contributed by atoms with Crippen molar-refractivity contribution in [3.63, 3.8) is 0 Å². The molecule has 3 rings (SSSR count). The third-order valence-electron chi connectivity index (χ3n) is 3.50. The Bertz CT molecular complexity index is 576. The minimum atomic E-state index is -0.459. The Morgan fingerprint density at radius 2 is 1.71 bits per heavy atom. The summed E-state index contributed by atoms with van der Waals surface area (Å²) in [7, 11) is 0. The zero-order valence-corrected chi connectivity index (χ0v) is 11.8. The van der Waals surface area contributed by atoms with Gasteiger partial charge < -0.3 is 9.47 Å². The van der Waals surface area contributed by atoms with Crippen LogP contribution in [0.3, 0.4) is 0 Å². The predicted molar refractivity (Wildman–Crippen MR) is 80.4 cm³/mol. The molecule has 0 unspecified atom stereocenters. The lowest BCUT2D eigenvalue weighted by atomic mass is 10.00. The second kappa shape index (κ2) is 6.66. The molecule has 0 radical (unpaired) electrons. The van der Waals surface area contributed by atoms with E-state index in [4.69, 9.17) is 9.47 Å². The molecule has 0 spiro atoms. The van der Waals surface area contributed by atoms with E-state index in [9.17, 15) is 4.79 Å². The van der Waals surface area contributed by atoms with Crippen molar-refractivity contribution < 1.29 is 14.3 Å². The summed E-state index contributed by atoms with van der Waals surface area (Å²) in [5, 5.41) is 0. The van der Waals surface area contributed by atoms with E-state index in [0.29, 0.717) is 18.6 Å². The van der Waals surface area contributed by atoms with Crippen LogP contribution in [0, 0.1) is 0 Å². The molecule has 0 saturated carbocycles. The topological polar surface area (TPSA) is 38.8 Å². The fraction of sp³-hybridized carbons (Fsp3) is 0.278. The van der Waals surface area contributed by atoms with Gasteiger partial charge in [-0.25, -0.2) is 0 Å². The zero-order valence-electron chi connectivity index (χ0n) is 11.8. The van der Waals surface area contributed by atoms with Crippen molar-refractivity contribution in [3.8, 4) is 0 Å². The van der Waals surface area contributed by atoms with E-state index in [1.165, 1.54) is 0 Å². The van der Waals surface area contributed by atoms with Gasteiger partial charge in [0.2, 0.25) is 0 Å². The fourth-order valence-electron chi connectivity index (χ4n) is 2.23. The van der Waals surface area contributed by atoms with Crippen LogP contribution in [0.15, 0.2) is 60.7 Å². The fourth-order valence-corrected chi connectivity index (χ4v) is 2.23. The van der Waals surface area contributed by atoms with Gasteiger partial charge in [-0.2, -0.15) is 0 Å². The van der Waals surface area contributed by atoms with Gasteiger partial charge in [0.15, 0.2) is 5.78 Å². The van der Waals surface area contributed by atoms with Crippen LogP contribution in [-0.4, -0.2) is 31.2 Å². The average molecular weight is 282 g/mol. The molecule has 2 aromatic carbocycles. The smallest absolute Gasteiger partial charge is 0.191 e. The Kier molecular flexibility index (Phi) is 4.43.